The van der Waals surface area contributed by atoms with Gasteiger partial charge in [0.2, 0.25) is 0 Å². The van der Waals surface area contributed by atoms with Crippen LogP contribution >= 0.6 is 15.9 Å². The summed E-state index contributed by atoms with van der Waals surface area (Å²) in [6.07, 6.45) is 0.961. The summed E-state index contributed by atoms with van der Waals surface area (Å²) in [5.74, 6) is 3.02. The van der Waals surface area contributed by atoms with E-state index in [1.54, 1.807) is 0 Å². The Kier molecular flexibility index (Phi) is 2.81. The third-order valence-corrected chi connectivity index (χ3v) is 5.32. The van der Waals surface area contributed by atoms with E-state index in [9.17, 15) is 0 Å². The minimum atomic E-state index is 0.435. The topological polar surface area (TPSA) is 18.5 Å². The van der Waals surface area contributed by atoms with E-state index < -0.39 is 0 Å². The third kappa shape index (κ3) is 1.75. The molecule has 3 unspecified atom stereocenters. The number of halogens is 1. The summed E-state index contributed by atoms with van der Waals surface area (Å²) in [4.78, 5) is 0.435. The molecule has 0 amide bonds. The average Bonchev–Trinajstić information content (AvgIpc) is 2.55. The van der Waals surface area contributed by atoms with E-state index in [4.69, 9.17) is 9.47 Å². The molecule has 0 spiro atoms. The average molecular weight is 297 g/mol. The zero-order valence-corrected chi connectivity index (χ0v) is 11.8. The summed E-state index contributed by atoms with van der Waals surface area (Å²) in [6, 6.07) is 4.34. The quantitative estimate of drug-likeness (QED) is 0.673. The molecule has 0 bridgehead atoms. The highest BCUT2D eigenvalue weighted by Gasteiger charge is 2.35. The van der Waals surface area contributed by atoms with E-state index >= 15 is 0 Å². The van der Waals surface area contributed by atoms with Crippen LogP contribution in [0, 0.1) is 5.92 Å². The minimum absolute atomic E-state index is 0.435. The molecule has 3 rings (SSSR count). The van der Waals surface area contributed by atoms with Crippen LogP contribution < -0.4 is 9.47 Å². The predicted octanol–water partition coefficient (Wildman–Crippen LogP) is 4.04. The lowest BCUT2D eigenvalue weighted by Gasteiger charge is -2.12. The molecule has 2 aliphatic rings. The first kappa shape index (κ1) is 11.4. The molecular weight excluding hydrogens is 280 g/mol. The zero-order chi connectivity index (χ0) is 12.0. The SMILES string of the molecule is CC1c2cc3c(cc2C(Br)C1C)OCCCO3. The largest absolute Gasteiger partial charge is 0.490 e. The van der Waals surface area contributed by atoms with Crippen molar-refractivity contribution in [2.24, 2.45) is 5.92 Å². The van der Waals surface area contributed by atoms with E-state index in [2.05, 4.69) is 41.9 Å². The summed E-state index contributed by atoms with van der Waals surface area (Å²) in [6.45, 7) is 6.09. The summed E-state index contributed by atoms with van der Waals surface area (Å²) < 4.78 is 11.5. The molecular formula is C14H17BrO2. The van der Waals surface area contributed by atoms with Gasteiger partial charge >= 0.3 is 0 Å². The van der Waals surface area contributed by atoms with Gasteiger partial charge in [-0.25, -0.2) is 0 Å². The Morgan fingerprint density at radius 3 is 2.29 bits per heavy atom. The van der Waals surface area contributed by atoms with Gasteiger partial charge in [0.05, 0.1) is 13.2 Å². The van der Waals surface area contributed by atoms with Crippen molar-refractivity contribution in [3.05, 3.63) is 23.3 Å². The zero-order valence-electron chi connectivity index (χ0n) is 10.2. The van der Waals surface area contributed by atoms with Crippen LogP contribution in [-0.4, -0.2) is 13.2 Å². The second-order valence-electron chi connectivity index (χ2n) is 5.03. The van der Waals surface area contributed by atoms with Crippen LogP contribution in [0.1, 0.15) is 42.1 Å². The molecule has 2 nitrogen and oxygen atoms in total. The molecule has 0 radical (unpaired) electrons. The van der Waals surface area contributed by atoms with Crippen LogP contribution in [0.4, 0.5) is 0 Å². The Morgan fingerprint density at radius 1 is 1.06 bits per heavy atom. The summed E-state index contributed by atoms with van der Waals surface area (Å²) in [5.41, 5.74) is 2.78. The van der Waals surface area contributed by atoms with Gasteiger partial charge in [-0.05, 0) is 35.1 Å². The van der Waals surface area contributed by atoms with Crippen molar-refractivity contribution in [1.29, 1.82) is 0 Å². The number of benzene rings is 1. The monoisotopic (exact) mass is 296 g/mol. The van der Waals surface area contributed by atoms with E-state index in [0.29, 0.717) is 16.7 Å². The van der Waals surface area contributed by atoms with Crippen LogP contribution in [0.5, 0.6) is 11.5 Å². The molecule has 17 heavy (non-hydrogen) atoms. The number of ether oxygens (including phenoxy) is 2. The molecule has 1 aliphatic carbocycles. The molecule has 92 valence electrons. The fourth-order valence-corrected chi connectivity index (χ4v) is 3.55. The summed E-state index contributed by atoms with van der Waals surface area (Å²) in [7, 11) is 0. The van der Waals surface area contributed by atoms with Crippen molar-refractivity contribution in [2.45, 2.75) is 31.0 Å². The highest BCUT2D eigenvalue weighted by molar-refractivity contribution is 9.09. The number of alkyl halides is 1. The Labute approximate surface area is 110 Å². The van der Waals surface area contributed by atoms with Gasteiger partial charge in [-0.3, -0.25) is 0 Å². The molecule has 0 saturated carbocycles. The Hall–Kier alpha value is -0.700. The summed E-state index contributed by atoms with van der Waals surface area (Å²) >= 11 is 3.79. The number of hydrogen-bond donors (Lipinski definition) is 0. The van der Waals surface area contributed by atoms with Crippen molar-refractivity contribution in [3.8, 4) is 11.5 Å². The van der Waals surface area contributed by atoms with Crippen LogP contribution in [-0.2, 0) is 0 Å². The molecule has 1 aliphatic heterocycles. The maximum absolute atomic E-state index is 5.75. The molecule has 0 N–H and O–H groups in total. The molecule has 1 aromatic carbocycles. The van der Waals surface area contributed by atoms with Gasteiger partial charge in [-0.2, -0.15) is 0 Å². The molecule has 0 aromatic heterocycles. The molecule has 0 saturated heterocycles. The first-order valence-corrected chi connectivity index (χ1v) is 7.17. The van der Waals surface area contributed by atoms with Crippen LogP contribution in [0.25, 0.3) is 0 Å². The van der Waals surface area contributed by atoms with Gasteiger partial charge in [0, 0.05) is 11.2 Å². The molecule has 0 fully saturated rings. The highest BCUT2D eigenvalue weighted by Crippen LogP contribution is 2.52. The fourth-order valence-electron chi connectivity index (χ4n) is 2.69. The smallest absolute Gasteiger partial charge is 0.161 e. The van der Waals surface area contributed by atoms with Crippen LogP contribution in [0.15, 0.2) is 12.1 Å². The lowest BCUT2D eigenvalue weighted by molar-refractivity contribution is 0.296. The van der Waals surface area contributed by atoms with Gasteiger partial charge in [0.15, 0.2) is 11.5 Å². The van der Waals surface area contributed by atoms with Crippen LogP contribution in [0.3, 0.4) is 0 Å². The van der Waals surface area contributed by atoms with Gasteiger partial charge < -0.3 is 9.47 Å². The fraction of sp³-hybridized carbons (Fsp3) is 0.571. The first-order valence-electron chi connectivity index (χ1n) is 6.26. The van der Waals surface area contributed by atoms with E-state index in [1.807, 2.05) is 0 Å². The van der Waals surface area contributed by atoms with Crippen molar-refractivity contribution >= 4 is 15.9 Å². The van der Waals surface area contributed by atoms with Crippen molar-refractivity contribution in [1.82, 2.24) is 0 Å². The maximum atomic E-state index is 5.75. The van der Waals surface area contributed by atoms with E-state index in [-0.39, 0.29) is 0 Å². The third-order valence-electron chi connectivity index (χ3n) is 3.99. The maximum Gasteiger partial charge on any atom is 0.161 e. The van der Waals surface area contributed by atoms with Gasteiger partial charge in [0.25, 0.3) is 0 Å². The predicted molar refractivity (Wildman–Crippen MR) is 71.3 cm³/mol. The Morgan fingerprint density at radius 2 is 1.65 bits per heavy atom. The van der Waals surface area contributed by atoms with Crippen LogP contribution in [0.2, 0.25) is 0 Å². The molecule has 1 aromatic rings. The molecule has 3 heteroatoms. The number of rotatable bonds is 0. The highest BCUT2D eigenvalue weighted by atomic mass is 79.9. The normalized spacial score (nSPS) is 30.9. The lowest BCUT2D eigenvalue weighted by atomic mass is 9.96. The number of hydrogen-bond acceptors (Lipinski definition) is 2. The first-order chi connectivity index (χ1) is 8.18. The van der Waals surface area contributed by atoms with Gasteiger partial charge in [0.1, 0.15) is 0 Å². The minimum Gasteiger partial charge on any atom is -0.490 e. The van der Waals surface area contributed by atoms with Crippen molar-refractivity contribution in [3.63, 3.8) is 0 Å². The van der Waals surface area contributed by atoms with E-state index in [0.717, 1.165) is 31.1 Å². The second kappa shape index (κ2) is 4.20. The van der Waals surface area contributed by atoms with Gasteiger partial charge in [-0.1, -0.05) is 29.8 Å². The van der Waals surface area contributed by atoms with E-state index in [1.165, 1.54) is 11.1 Å². The van der Waals surface area contributed by atoms with Gasteiger partial charge in [-0.15, -0.1) is 0 Å². The number of fused-ring (bicyclic) bond motifs is 2. The second-order valence-corrected chi connectivity index (χ2v) is 6.01. The molecule has 3 atom stereocenters. The Bertz CT molecular complexity index is 405. The van der Waals surface area contributed by atoms with Crippen molar-refractivity contribution in [2.75, 3.05) is 13.2 Å². The standard InChI is InChI=1S/C14H17BrO2/c1-8-9(2)14(15)11-7-13-12(6-10(8)11)16-4-3-5-17-13/h6-9,14H,3-5H2,1-2H3. The summed E-state index contributed by atoms with van der Waals surface area (Å²) in [5, 5.41) is 0. The lowest BCUT2D eigenvalue weighted by Crippen LogP contribution is -2.00. The van der Waals surface area contributed by atoms with Crippen molar-refractivity contribution < 1.29 is 9.47 Å². The molecule has 1 heterocycles. The Balaban J connectivity index is 2.09.